The van der Waals surface area contributed by atoms with Crippen LogP contribution < -0.4 is 0 Å². The molecule has 0 N–H and O–H groups in total. The lowest BCUT2D eigenvalue weighted by Crippen LogP contribution is -1.93. The molecule has 0 radical (unpaired) electrons. The van der Waals surface area contributed by atoms with Crippen molar-refractivity contribution in [1.29, 1.82) is 0 Å². The first-order chi connectivity index (χ1) is 12.8. The third-order valence-electron chi connectivity index (χ3n) is 4.37. The van der Waals surface area contributed by atoms with E-state index in [4.69, 9.17) is 14.4 Å². The van der Waals surface area contributed by atoms with E-state index in [1.165, 1.54) is 0 Å². The van der Waals surface area contributed by atoms with Crippen molar-refractivity contribution in [1.82, 2.24) is 9.97 Å². The lowest BCUT2D eigenvalue weighted by molar-refractivity contribution is 0.667. The van der Waals surface area contributed by atoms with Gasteiger partial charge in [-0.05, 0) is 24.3 Å². The summed E-state index contributed by atoms with van der Waals surface area (Å²) in [6.45, 7) is 0. The van der Waals surface area contributed by atoms with Crippen LogP contribution in [0, 0.1) is 0 Å². The summed E-state index contributed by atoms with van der Waals surface area (Å²) in [5, 5.41) is 1.00. The third-order valence-corrected chi connectivity index (χ3v) is 4.90. The molecule has 0 saturated carbocycles. The average molecular weight is 401 g/mol. The summed E-state index contributed by atoms with van der Waals surface area (Å²) in [6, 6.07) is 26.1. The molecule has 5 rings (SSSR count). The van der Waals surface area contributed by atoms with Crippen LogP contribution >= 0.6 is 15.9 Å². The van der Waals surface area contributed by atoms with Gasteiger partial charge in [0.25, 0.3) is 0 Å². The standard InChI is InChI=1S/C22H13BrN2O/c23-16-12-10-15(11-13-16)22-24-19(14-6-2-1-3-7-14)21-20(25-22)17-8-4-5-9-18(17)26-21/h1-13H. The minimum Gasteiger partial charge on any atom is -0.452 e. The van der Waals surface area contributed by atoms with Crippen molar-refractivity contribution in [2.45, 2.75) is 0 Å². The predicted octanol–water partition coefficient (Wildman–Crippen LogP) is 6.47. The Morgan fingerprint density at radius 2 is 1.42 bits per heavy atom. The molecule has 0 amide bonds. The summed E-state index contributed by atoms with van der Waals surface area (Å²) < 4.78 is 7.14. The Kier molecular flexibility index (Phi) is 3.57. The van der Waals surface area contributed by atoms with Crippen LogP contribution in [0.4, 0.5) is 0 Å². The molecule has 124 valence electrons. The predicted molar refractivity (Wildman–Crippen MR) is 108 cm³/mol. The van der Waals surface area contributed by atoms with Gasteiger partial charge in [-0.15, -0.1) is 0 Å². The molecule has 0 spiro atoms. The number of furan rings is 1. The number of fused-ring (bicyclic) bond motifs is 3. The van der Waals surface area contributed by atoms with Gasteiger partial charge in [0, 0.05) is 21.0 Å². The maximum Gasteiger partial charge on any atom is 0.180 e. The topological polar surface area (TPSA) is 38.9 Å². The molecule has 0 aliphatic rings. The van der Waals surface area contributed by atoms with E-state index in [1.54, 1.807) is 0 Å². The molecule has 0 bridgehead atoms. The number of aromatic nitrogens is 2. The van der Waals surface area contributed by atoms with E-state index in [0.717, 1.165) is 43.4 Å². The molecule has 0 saturated heterocycles. The summed E-state index contributed by atoms with van der Waals surface area (Å²) in [7, 11) is 0. The van der Waals surface area contributed by atoms with Gasteiger partial charge in [-0.25, -0.2) is 9.97 Å². The highest BCUT2D eigenvalue weighted by molar-refractivity contribution is 9.10. The Bertz CT molecular complexity index is 1230. The highest BCUT2D eigenvalue weighted by atomic mass is 79.9. The molecule has 3 aromatic carbocycles. The highest BCUT2D eigenvalue weighted by Crippen LogP contribution is 2.35. The molecule has 0 aliphatic heterocycles. The van der Waals surface area contributed by atoms with Crippen molar-refractivity contribution in [2.75, 3.05) is 0 Å². The molecule has 2 heterocycles. The maximum atomic E-state index is 6.12. The van der Waals surface area contributed by atoms with Crippen LogP contribution in [0.25, 0.3) is 44.7 Å². The van der Waals surface area contributed by atoms with Crippen LogP contribution in [0.15, 0.2) is 87.8 Å². The number of hydrogen-bond acceptors (Lipinski definition) is 3. The molecule has 0 unspecified atom stereocenters. The Labute approximate surface area is 158 Å². The second-order valence-electron chi connectivity index (χ2n) is 6.04. The van der Waals surface area contributed by atoms with E-state index < -0.39 is 0 Å². The zero-order valence-corrected chi connectivity index (χ0v) is 15.3. The lowest BCUT2D eigenvalue weighted by atomic mass is 10.1. The number of hydrogen-bond donors (Lipinski definition) is 0. The minimum absolute atomic E-state index is 0.690. The second kappa shape index (κ2) is 6.07. The number of halogens is 1. The SMILES string of the molecule is Brc1ccc(-c2nc(-c3ccccc3)c3oc4ccccc4c3n2)cc1. The zero-order chi connectivity index (χ0) is 17.5. The minimum atomic E-state index is 0.690. The first kappa shape index (κ1) is 15.3. The number of para-hydroxylation sites is 1. The van der Waals surface area contributed by atoms with Crippen molar-refractivity contribution < 1.29 is 4.42 Å². The summed E-state index contributed by atoms with van der Waals surface area (Å²) in [5.74, 6) is 0.690. The molecular weight excluding hydrogens is 388 g/mol. The molecule has 4 heteroatoms. The van der Waals surface area contributed by atoms with Crippen molar-refractivity contribution in [3.63, 3.8) is 0 Å². The second-order valence-corrected chi connectivity index (χ2v) is 6.96. The van der Waals surface area contributed by atoms with Crippen molar-refractivity contribution in [3.8, 4) is 22.6 Å². The Hall–Kier alpha value is -2.98. The third kappa shape index (κ3) is 2.50. The van der Waals surface area contributed by atoms with Crippen molar-refractivity contribution >= 4 is 38.0 Å². The Morgan fingerprint density at radius 3 is 2.23 bits per heavy atom. The lowest BCUT2D eigenvalue weighted by Gasteiger charge is -2.06. The molecule has 5 aromatic rings. The average Bonchev–Trinajstić information content (AvgIpc) is 3.07. The van der Waals surface area contributed by atoms with Gasteiger partial charge in [0.15, 0.2) is 11.4 Å². The van der Waals surface area contributed by atoms with Gasteiger partial charge in [0.2, 0.25) is 0 Å². The highest BCUT2D eigenvalue weighted by Gasteiger charge is 2.17. The fourth-order valence-electron chi connectivity index (χ4n) is 3.11. The fourth-order valence-corrected chi connectivity index (χ4v) is 3.38. The maximum absolute atomic E-state index is 6.12. The largest absolute Gasteiger partial charge is 0.452 e. The van der Waals surface area contributed by atoms with Gasteiger partial charge >= 0.3 is 0 Å². The summed E-state index contributed by atoms with van der Waals surface area (Å²) >= 11 is 3.48. The smallest absolute Gasteiger partial charge is 0.180 e. The molecule has 2 aromatic heterocycles. The first-order valence-electron chi connectivity index (χ1n) is 8.30. The van der Waals surface area contributed by atoms with E-state index in [1.807, 2.05) is 78.9 Å². The summed E-state index contributed by atoms with van der Waals surface area (Å²) in [5.41, 5.74) is 5.17. The zero-order valence-electron chi connectivity index (χ0n) is 13.7. The summed E-state index contributed by atoms with van der Waals surface area (Å²) in [6.07, 6.45) is 0. The summed E-state index contributed by atoms with van der Waals surface area (Å²) in [4.78, 5) is 9.68. The first-order valence-corrected chi connectivity index (χ1v) is 9.09. The Morgan fingerprint density at radius 1 is 0.692 bits per heavy atom. The quantitative estimate of drug-likeness (QED) is 0.340. The van der Waals surface area contributed by atoms with Gasteiger partial charge in [0.05, 0.1) is 0 Å². The van der Waals surface area contributed by atoms with Gasteiger partial charge in [-0.3, -0.25) is 0 Å². The number of benzene rings is 3. The van der Waals surface area contributed by atoms with Gasteiger partial charge < -0.3 is 4.42 Å². The molecular formula is C22H13BrN2O. The van der Waals surface area contributed by atoms with Crippen LogP contribution in [-0.2, 0) is 0 Å². The van der Waals surface area contributed by atoms with E-state index >= 15 is 0 Å². The number of nitrogens with zero attached hydrogens (tertiary/aromatic N) is 2. The van der Waals surface area contributed by atoms with E-state index in [2.05, 4.69) is 15.9 Å². The Balaban J connectivity index is 1.87. The molecule has 0 fully saturated rings. The molecule has 3 nitrogen and oxygen atoms in total. The van der Waals surface area contributed by atoms with E-state index in [-0.39, 0.29) is 0 Å². The van der Waals surface area contributed by atoms with Gasteiger partial charge in [-0.1, -0.05) is 70.5 Å². The number of rotatable bonds is 2. The molecule has 0 aliphatic carbocycles. The van der Waals surface area contributed by atoms with Gasteiger partial charge in [-0.2, -0.15) is 0 Å². The van der Waals surface area contributed by atoms with Crippen LogP contribution in [0.3, 0.4) is 0 Å². The fraction of sp³-hybridized carbons (Fsp3) is 0. The van der Waals surface area contributed by atoms with Gasteiger partial charge in [0.1, 0.15) is 16.8 Å². The van der Waals surface area contributed by atoms with E-state index in [0.29, 0.717) is 5.82 Å². The van der Waals surface area contributed by atoms with Crippen LogP contribution in [0.2, 0.25) is 0 Å². The van der Waals surface area contributed by atoms with Crippen LogP contribution in [0.5, 0.6) is 0 Å². The normalized spacial score (nSPS) is 11.3. The molecule has 26 heavy (non-hydrogen) atoms. The molecule has 0 atom stereocenters. The van der Waals surface area contributed by atoms with Crippen LogP contribution in [0.1, 0.15) is 0 Å². The van der Waals surface area contributed by atoms with Crippen molar-refractivity contribution in [3.05, 3.63) is 83.3 Å². The van der Waals surface area contributed by atoms with E-state index in [9.17, 15) is 0 Å². The van der Waals surface area contributed by atoms with Crippen LogP contribution in [-0.4, -0.2) is 9.97 Å². The monoisotopic (exact) mass is 400 g/mol. The van der Waals surface area contributed by atoms with Crippen molar-refractivity contribution in [2.24, 2.45) is 0 Å².